The molecule has 2 rings (SSSR count). The van der Waals surface area contributed by atoms with Gasteiger partial charge in [0.2, 0.25) is 5.79 Å². The van der Waals surface area contributed by atoms with Gasteiger partial charge in [-0.15, -0.1) is 0 Å². The number of hydrogen-bond acceptors (Lipinski definition) is 3. The number of rotatable bonds is 1. The van der Waals surface area contributed by atoms with Gasteiger partial charge >= 0.3 is 0 Å². The van der Waals surface area contributed by atoms with Crippen LogP contribution >= 0.6 is 31.9 Å². The molecule has 1 fully saturated rings. The highest BCUT2D eigenvalue weighted by Gasteiger charge is 2.45. The summed E-state index contributed by atoms with van der Waals surface area (Å²) in [5, 5.41) is 14.2. The number of hydrogen-bond donors (Lipinski definition) is 2. The minimum atomic E-state index is -1.31. The van der Waals surface area contributed by atoms with Crippen LogP contribution in [0.1, 0.15) is 31.9 Å². The smallest absolute Gasteiger partial charge is 0.208 e. The fourth-order valence-corrected chi connectivity index (χ4v) is 3.51. The highest BCUT2D eigenvalue weighted by atomic mass is 79.9. The van der Waals surface area contributed by atoms with Crippen LogP contribution < -0.4 is 5.32 Å². The summed E-state index contributed by atoms with van der Waals surface area (Å²) < 4.78 is 7.68. The molecule has 2 atom stereocenters. The van der Waals surface area contributed by atoms with Crippen LogP contribution in [0, 0.1) is 6.92 Å². The van der Waals surface area contributed by atoms with Gasteiger partial charge in [0, 0.05) is 20.0 Å². The Morgan fingerprint density at radius 2 is 1.84 bits per heavy atom. The van der Waals surface area contributed by atoms with Gasteiger partial charge in [-0.2, -0.15) is 0 Å². The van der Waals surface area contributed by atoms with Gasteiger partial charge in [-0.3, -0.25) is 0 Å². The first-order chi connectivity index (χ1) is 8.66. The molecule has 2 unspecified atom stereocenters. The lowest BCUT2D eigenvalue weighted by Crippen LogP contribution is -2.63. The van der Waals surface area contributed by atoms with Gasteiger partial charge < -0.3 is 15.2 Å². The van der Waals surface area contributed by atoms with E-state index in [0.29, 0.717) is 6.61 Å². The SMILES string of the molecule is Cc1c(Br)cc(C2(O)OCC(C)(C)NC2C)cc1Br. The van der Waals surface area contributed by atoms with Crippen LogP contribution in [-0.2, 0) is 10.5 Å². The summed E-state index contributed by atoms with van der Waals surface area (Å²) >= 11 is 7.03. The molecule has 1 aromatic rings. The molecule has 1 aliphatic heterocycles. The normalized spacial score (nSPS) is 30.4. The van der Waals surface area contributed by atoms with E-state index in [9.17, 15) is 5.11 Å². The van der Waals surface area contributed by atoms with E-state index in [4.69, 9.17) is 4.74 Å². The zero-order valence-corrected chi connectivity index (χ0v) is 14.7. The molecule has 2 N–H and O–H groups in total. The fraction of sp³-hybridized carbons (Fsp3) is 0.571. The molecule has 0 radical (unpaired) electrons. The lowest BCUT2D eigenvalue weighted by Gasteiger charge is -2.46. The van der Waals surface area contributed by atoms with Crippen molar-refractivity contribution in [2.24, 2.45) is 0 Å². The van der Waals surface area contributed by atoms with Crippen LogP contribution in [0.2, 0.25) is 0 Å². The van der Waals surface area contributed by atoms with Crippen molar-refractivity contribution in [2.75, 3.05) is 6.61 Å². The van der Waals surface area contributed by atoms with Gasteiger partial charge in [0.1, 0.15) is 0 Å². The van der Waals surface area contributed by atoms with Crippen LogP contribution in [-0.4, -0.2) is 23.3 Å². The number of ether oxygens (including phenoxy) is 1. The number of morpholine rings is 1. The second kappa shape index (κ2) is 5.11. The van der Waals surface area contributed by atoms with Gasteiger partial charge in [-0.05, 0) is 45.4 Å². The molecule has 1 saturated heterocycles. The molecule has 19 heavy (non-hydrogen) atoms. The van der Waals surface area contributed by atoms with Gasteiger partial charge in [-0.1, -0.05) is 31.9 Å². The Balaban J connectivity index is 2.41. The summed E-state index contributed by atoms with van der Waals surface area (Å²) in [6.45, 7) is 8.52. The molecule has 0 aliphatic carbocycles. The second-order valence-electron chi connectivity index (χ2n) is 5.80. The Morgan fingerprint density at radius 3 is 2.32 bits per heavy atom. The molecule has 1 heterocycles. The molecular weight excluding hydrogens is 374 g/mol. The summed E-state index contributed by atoms with van der Waals surface area (Å²) in [6.07, 6.45) is 0. The standard InChI is InChI=1S/C14H19Br2NO2/c1-8-11(15)5-10(6-12(8)16)14(18)9(2)17-13(3,4)7-19-14/h5-6,9,17-18H,7H2,1-4H3. The third-order valence-corrected chi connectivity index (χ3v) is 5.19. The lowest BCUT2D eigenvalue weighted by atomic mass is 9.92. The Hall–Kier alpha value is 0.0600. The zero-order chi connectivity index (χ0) is 14.4. The van der Waals surface area contributed by atoms with E-state index in [-0.39, 0.29) is 11.6 Å². The van der Waals surface area contributed by atoms with Gasteiger partial charge in [-0.25, -0.2) is 0 Å². The minimum Gasteiger partial charge on any atom is -0.361 e. The minimum absolute atomic E-state index is 0.134. The van der Waals surface area contributed by atoms with Crippen LogP contribution in [0.15, 0.2) is 21.1 Å². The maximum Gasteiger partial charge on any atom is 0.208 e. The molecule has 0 spiro atoms. The second-order valence-corrected chi connectivity index (χ2v) is 7.51. The van der Waals surface area contributed by atoms with Crippen LogP contribution in [0.3, 0.4) is 0 Å². The van der Waals surface area contributed by atoms with E-state index in [1.54, 1.807) is 0 Å². The predicted molar refractivity (Wildman–Crippen MR) is 83.1 cm³/mol. The van der Waals surface area contributed by atoms with Crippen molar-refractivity contribution < 1.29 is 9.84 Å². The predicted octanol–water partition coefficient (Wildman–Crippen LogP) is 3.45. The molecular formula is C14H19Br2NO2. The molecule has 3 nitrogen and oxygen atoms in total. The molecule has 106 valence electrons. The molecule has 1 aliphatic rings. The first kappa shape index (κ1) is 15.4. The van der Waals surface area contributed by atoms with E-state index >= 15 is 0 Å². The van der Waals surface area contributed by atoms with Crippen molar-refractivity contribution in [1.29, 1.82) is 0 Å². The molecule has 0 amide bonds. The van der Waals surface area contributed by atoms with E-state index in [0.717, 1.165) is 20.1 Å². The Labute approximate surface area is 131 Å². The van der Waals surface area contributed by atoms with Crippen molar-refractivity contribution in [3.8, 4) is 0 Å². The summed E-state index contributed by atoms with van der Waals surface area (Å²) in [5.74, 6) is -1.31. The maximum atomic E-state index is 10.9. The van der Waals surface area contributed by atoms with Crippen molar-refractivity contribution in [1.82, 2.24) is 5.32 Å². The number of nitrogens with one attached hydrogen (secondary N) is 1. The average Bonchev–Trinajstić information content (AvgIpc) is 2.30. The molecule has 1 aromatic carbocycles. The Morgan fingerprint density at radius 1 is 1.32 bits per heavy atom. The van der Waals surface area contributed by atoms with Crippen molar-refractivity contribution in [3.63, 3.8) is 0 Å². The number of aliphatic hydroxyl groups is 1. The summed E-state index contributed by atoms with van der Waals surface area (Å²) in [4.78, 5) is 0. The molecule has 0 saturated carbocycles. The number of halogens is 2. The Kier molecular flexibility index (Phi) is 4.16. The summed E-state index contributed by atoms with van der Waals surface area (Å²) in [5.41, 5.74) is 1.71. The number of benzene rings is 1. The highest BCUT2D eigenvalue weighted by molar-refractivity contribution is 9.11. The third-order valence-electron chi connectivity index (χ3n) is 3.54. The maximum absolute atomic E-state index is 10.9. The monoisotopic (exact) mass is 391 g/mol. The zero-order valence-electron chi connectivity index (χ0n) is 11.6. The largest absolute Gasteiger partial charge is 0.361 e. The van der Waals surface area contributed by atoms with Crippen LogP contribution in [0.25, 0.3) is 0 Å². The van der Waals surface area contributed by atoms with Crippen molar-refractivity contribution >= 4 is 31.9 Å². The quantitative estimate of drug-likeness (QED) is 0.768. The topological polar surface area (TPSA) is 41.5 Å². The first-order valence-corrected chi connectivity index (χ1v) is 7.84. The van der Waals surface area contributed by atoms with E-state index < -0.39 is 5.79 Å². The lowest BCUT2D eigenvalue weighted by molar-refractivity contribution is -0.263. The van der Waals surface area contributed by atoms with Crippen LogP contribution in [0.4, 0.5) is 0 Å². The molecule has 0 aromatic heterocycles. The molecule has 0 bridgehead atoms. The van der Waals surface area contributed by atoms with Crippen LogP contribution in [0.5, 0.6) is 0 Å². The first-order valence-electron chi connectivity index (χ1n) is 6.26. The molecule has 5 heteroatoms. The third kappa shape index (κ3) is 2.90. The van der Waals surface area contributed by atoms with E-state index in [1.807, 2.05) is 26.0 Å². The van der Waals surface area contributed by atoms with E-state index in [1.165, 1.54) is 0 Å². The van der Waals surface area contributed by atoms with Gasteiger partial charge in [0.05, 0.1) is 12.6 Å². The van der Waals surface area contributed by atoms with Gasteiger partial charge in [0.25, 0.3) is 0 Å². The van der Waals surface area contributed by atoms with Crippen molar-refractivity contribution in [3.05, 3.63) is 32.2 Å². The Bertz CT molecular complexity index is 481. The average molecular weight is 393 g/mol. The highest BCUT2D eigenvalue weighted by Crippen LogP contribution is 2.37. The van der Waals surface area contributed by atoms with Gasteiger partial charge in [0.15, 0.2) is 0 Å². The summed E-state index contributed by atoms with van der Waals surface area (Å²) in [6, 6.07) is 3.63. The summed E-state index contributed by atoms with van der Waals surface area (Å²) in [7, 11) is 0. The van der Waals surface area contributed by atoms with E-state index in [2.05, 4.69) is 51.0 Å². The fourth-order valence-electron chi connectivity index (χ4n) is 2.33. The van der Waals surface area contributed by atoms with Crippen molar-refractivity contribution in [2.45, 2.75) is 45.1 Å².